The molecule has 0 radical (unpaired) electrons. The second kappa shape index (κ2) is 4.56. The van der Waals surface area contributed by atoms with Gasteiger partial charge in [0.25, 0.3) is 0 Å². The van der Waals surface area contributed by atoms with Crippen LogP contribution in [0.3, 0.4) is 0 Å². The average Bonchev–Trinajstić information content (AvgIpc) is 2.25. The molecule has 1 aliphatic carbocycles. The van der Waals surface area contributed by atoms with Crippen LogP contribution in [0.1, 0.15) is 32.6 Å². The first-order valence-corrected chi connectivity index (χ1v) is 5.70. The molecule has 0 aliphatic heterocycles. The zero-order valence-corrected chi connectivity index (χ0v) is 9.15. The van der Waals surface area contributed by atoms with Gasteiger partial charge in [0.2, 0.25) is 0 Å². The predicted octanol–water partition coefficient (Wildman–Crippen LogP) is 3.35. The van der Waals surface area contributed by atoms with E-state index in [1.807, 2.05) is 12.1 Å². The van der Waals surface area contributed by atoms with Gasteiger partial charge in [-0.3, -0.25) is 0 Å². The lowest BCUT2D eigenvalue weighted by Crippen LogP contribution is -2.22. The van der Waals surface area contributed by atoms with E-state index in [2.05, 4.69) is 6.92 Å². The molecule has 1 saturated carbocycles. The van der Waals surface area contributed by atoms with Crippen molar-refractivity contribution in [1.29, 1.82) is 0 Å². The van der Waals surface area contributed by atoms with Crippen molar-refractivity contribution in [2.75, 3.05) is 0 Å². The Hall–Kier alpha value is -1.18. The normalized spacial score (nSPS) is 26.2. The molecular formula is C13H18O2. The quantitative estimate of drug-likeness (QED) is 0.804. The molecule has 0 saturated heterocycles. The van der Waals surface area contributed by atoms with E-state index in [1.165, 1.54) is 12.8 Å². The van der Waals surface area contributed by atoms with E-state index in [-0.39, 0.29) is 0 Å². The van der Waals surface area contributed by atoms with Gasteiger partial charge in [0.1, 0.15) is 11.5 Å². The van der Waals surface area contributed by atoms with E-state index in [0.717, 1.165) is 24.5 Å². The van der Waals surface area contributed by atoms with Crippen molar-refractivity contribution < 1.29 is 9.84 Å². The molecule has 0 amide bonds. The van der Waals surface area contributed by atoms with Crippen LogP contribution in [0.25, 0.3) is 0 Å². The zero-order chi connectivity index (χ0) is 10.7. The van der Waals surface area contributed by atoms with Gasteiger partial charge in [0.15, 0.2) is 0 Å². The third kappa shape index (κ3) is 2.88. The number of rotatable bonds is 2. The number of phenolic OH excluding ortho intramolecular Hbond substituents is 1. The van der Waals surface area contributed by atoms with E-state index in [4.69, 9.17) is 9.84 Å². The van der Waals surface area contributed by atoms with E-state index < -0.39 is 0 Å². The molecule has 1 N–H and O–H groups in total. The van der Waals surface area contributed by atoms with Gasteiger partial charge in [0.05, 0.1) is 6.10 Å². The molecule has 2 heteroatoms. The van der Waals surface area contributed by atoms with Crippen molar-refractivity contribution in [2.45, 2.75) is 38.7 Å². The maximum Gasteiger partial charge on any atom is 0.119 e. The molecule has 1 fully saturated rings. The molecule has 1 aromatic carbocycles. The van der Waals surface area contributed by atoms with E-state index in [9.17, 15) is 0 Å². The van der Waals surface area contributed by atoms with Gasteiger partial charge in [0, 0.05) is 0 Å². The summed E-state index contributed by atoms with van der Waals surface area (Å²) in [6.45, 7) is 2.30. The van der Waals surface area contributed by atoms with Crippen LogP contribution in [-0.4, -0.2) is 11.2 Å². The van der Waals surface area contributed by atoms with Crippen LogP contribution in [0.2, 0.25) is 0 Å². The lowest BCUT2D eigenvalue weighted by molar-refractivity contribution is 0.135. The van der Waals surface area contributed by atoms with Gasteiger partial charge in [-0.15, -0.1) is 0 Å². The first kappa shape index (κ1) is 10.3. The molecule has 2 rings (SSSR count). The number of phenols is 1. The standard InChI is InChI=1S/C13H18O2/c1-10-2-6-12(7-3-10)15-13-8-4-11(14)5-9-13/h4-5,8-10,12,14H,2-3,6-7H2,1H3. The van der Waals surface area contributed by atoms with Crippen molar-refractivity contribution >= 4 is 0 Å². The number of aromatic hydroxyl groups is 1. The van der Waals surface area contributed by atoms with E-state index >= 15 is 0 Å². The number of hydrogen-bond donors (Lipinski definition) is 1. The fourth-order valence-electron chi connectivity index (χ4n) is 2.06. The Labute approximate surface area is 90.9 Å². The lowest BCUT2D eigenvalue weighted by atomic mass is 9.89. The Bertz CT molecular complexity index is 297. The monoisotopic (exact) mass is 206 g/mol. The number of hydrogen-bond acceptors (Lipinski definition) is 2. The second-order valence-corrected chi connectivity index (χ2v) is 4.49. The highest BCUT2D eigenvalue weighted by Crippen LogP contribution is 2.27. The maximum absolute atomic E-state index is 9.14. The minimum atomic E-state index is 0.291. The molecule has 0 unspecified atom stereocenters. The molecule has 1 aliphatic rings. The van der Waals surface area contributed by atoms with Crippen molar-refractivity contribution in [3.63, 3.8) is 0 Å². The summed E-state index contributed by atoms with van der Waals surface area (Å²) in [5.74, 6) is 2.01. The Morgan fingerprint density at radius 1 is 1.07 bits per heavy atom. The van der Waals surface area contributed by atoms with E-state index in [0.29, 0.717) is 11.9 Å². The zero-order valence-electron chi connectivity index (χ0n) is 9.15. The fourth-order valence-corrected chi connectivity index (χ4v) is 2.06. The molecule has 15 heavy (non-hydrogen) atoms. The molecule has 0 bridgehead atoms. The summed E-state index contributed by atoms with van der Waals surface area (Å²) >= 11 is 0. The van der Waals surface area contributed by atoms with Crippen LogP contribution < -0.4 is 4.74 Å². The first-order valence-electron chi connectivity index (χ1n) is 5.70. The first-order chi connectivity index (χ1) is 7.24. The molecule has 0 aromatic heterocycles. The van der Waals surface area contributed by atoms with Gasteiger partial charge >= 0.3 is 0 Å². The summed E-state index contributed by atoms with van der Waals surface area (Å²) in [5.41, 5.74) is 0. The SMILES string of the molecule is CC1CCC(Oc2ccc(O)cc2)CC1. The maximum atomic E-state index is 9.14. The van der Waals surface area contributed by atoms with E-state index in [1.54, 1.807) is 12.1 Å². The minimum Gasteiger partial charge on any atom is -0.508 e. The lowest BCUT2D eigenvalue weighted by Gasteiger charge is -2.26. The van der Waals surface area contributed by atoms with Crippen LogP contribution in [0.15, 0.2) is 24.3 Å². The van der Waals surface area contributed by atoms with Gasteiger partial charge in [-0.25, -0.2) is 0 Å². The summed E-state index contributed by atoms with van der Waals surface area (Å²) in [7, 11) is 0. The molecule has 2 nitrogen and oxygen atoms in total. The summed E-state index contributed by atoms with van der Waals surface area (Å²) in [6.07, 6.45) is 5.21. The Morgan fingerprint density at radius 3 is 2.27 bits per heavy atom. The number of benzene rings is 1. The highest BCUT2D eigenvalue weighted by Gasteiger charge is 2.19. The van der Waals surface area contributed by atoms with Crippen LogP contribution in [0, 0.1) is 5.92 Å². The highest BCUT2D eigenvalue weighted by atomic mass is 16.5. The van der Waals surface area contributed by atoms with Crippen molar-refractivity contribution in [1.82, 2.24) is 0 Å². The molecule has 82 valence electrons. The summed E-state index contributed by atoms with van der Waals surface area (Å²) in [5, 5.41) is 9.14. The van der Waals surface area contributed by atoms with Crippen LogP contribution in [0.4, 0.5) is 0 Å². The summed E-state index contributed by atoms with van der Waals surface area (Å²) < 4.78 is 5.85. The van der Waals surface area contributed by atoms with Gasteiger partial charge in [-0.05, 0) is 55.9 Å². The van der Waals surface area contributed by atoms with Gasteiger partial charge in [-0.2, -0.15) is 0 Å². The second-order valence-electron chi connectivity index (χ2n) is 4.49. The van der Waals surface area contributed by atoms with Crippen LogP contribution in [0.5, 0.6) is 11.5 Å². The molecule has 0 heterocycles. The molecule has 1 aromatic rings. The molecule has 0 atom stereocenters. The predicted molar refractivity (Wildman–Crippen MR) is 60.2 cm³/mol. The van der Waals surface area contributed by atoms with Crippen LogP contribution >= 0.6 is 0 Å². The van der Waals surface area contributed by atoms with Crippen LogP contribution in [-0.2, 0) is 0 Å². The largest absolute Gasteiger partial charge is 0.508 e. The van der Waals surface area contributed by atoms with Crippen molar-refractivity contribution in [3.8, 4) is 11.5 Å². The van der Waals surface area contributed by atoms with Crippen molar-refractivity contribution in [3.05, 3.63) is 24.3 Å². The average molecular weight is 206 g/mol. The van der Waals surface area contributed by atoms with Crippen molar-refractivity contribution in [2.24, 2.45) is 5.92 Å². The topological polar surface area (TPSA) is 29.5 Å². The summed E-state index contributed by atoms with van der Waals surface area (Å²) in [4.78, 5) is 0. The fraction of sp³-hybridized carbons (Fsp3) is 0.538. The highest BCUT2D eigenvalue weighted by molar-refractivity contribution is 5.30. The third-order valence-electron chi connectivity index (χ3n) is 3.10. The summed E-state index contributed by atoms with van der Waals surface area (Å²) in [6, 6.07) is 6.99. The van der Waals surface area contributed by atoms with Gasteiger partial charge in [-0.1, -0.05) is 6.92 Å². The minimum absolute atomic E-state index is 0.291. The third-order valence-corrected chi connectivity index (χ3v) is 3.10. The molecular weight excluding hydrogens is 188 g/mol. The van der Waals surface area contributed by atoms with Gasteiger partial charge < -0.3 is 9.84 Å². The Morgan fingerprint density at radius 2 is 1.67 bits per heavy atom. The Balaban J connectivity index is 1.89. The smallest absolute Gasteiger partial charge is 0.119 e. The number of ether oxygens (including phenoxy) is 1. The Kier molecular flexibility index (Phi) is 3.14. The molecule has 0 spiro atoms.